The quantitative estimate of drug-likeness (QED) is 0.142. The zero-order chi connectivity index (χ0) is 27.2. The predicted octanol–water partition coefficient (Wildman–Crippen LogP) is 4.02. The molecule has 0 atom stereocenters. The van der Waals surface area contributed by atoms with Crippen LogP contribution in [0.4, 0.5) is 0 Å². The van der Waals surface area contributed by atoms with Crippen molar-refractivity contribution in [1.82, 2.24) is 40.8 Å². The van der Waals surface area contributed by atoms with E-state index in [9.17, 15) is 0 Å². The van der Waals surface area contributed by atoms with Crippen LogP contribution in [0.2, 0.25) is 0 Å². The average molecular weight is 535 g/mol. The summed E-state index contributed by atoms with van der Waals surface area (Å²) in [5.74, 6) is 0.961. The van der Waals surface area contributed by atoms with Crippen molar-refractivity contribution in [2.45, 2.75) is 32.7 Å². The molecule has 0 fully saturated rings. The van der Waals surface area contributed by atoms with E-state index in [-0.39, 0.29) is 0 Å². The van der Waals surface area contributed by atoms with Gasteiger partial charge >= 0.3 is 0 Å². The molecule has 8 nitrogen and oxygen atoms in total. The highest BCUT2D eigenvalue weighted by Gasteiger charge is 2.07. The molecular weight excluding hydrogens is 496 g/mol. The van der Waals surface area contributed by atoms with E-state index in [0.29, 0.717) is 6.54 Å². The number of nitrogens with zero attached hydrogens (tertiary/aromatic N) is 4. The first-order chi connectivity index (χ1) is 19.8. The van der Waals surface area contributed by atoms with Crippen LogP contribution in [-0.2, 0) is 32.7 Å². The van der Waals surface area contributed by atoms with E-state index in [4.69, 9.17) is 0 Å². The maximum Gasteiger partial charge on any atom is 0.121 e. The number of imidazole rings is 1. The topological polar surface area (TPSA) is 93.8 Å². The van der Waals surface area contributed by atoms with E-state index in [1.54, 1.807) is 0 Å². The van der Waals surface area contributed by atoms with Gasteiger partial charge in [-0.25, -0.2) is 4.98 Å². The molecule has 206 valence electrons. The molecule has 40 heavy (non-hydrogen) atoms. The third-order valence-electron chi connectivity index (χ3n) is 6.81. The lowest BCUT2D eigenvalue weighted by Gasteiger charge is -2.23. The average Bonchev–Trinajstić information content (AvgIpc) is 3.42. The van der Waals surface area contributed by atoms with Gasteiger partial charge in [-0.05, 0) is 53.1 Å². The number of aromatic nitrogens is 4. The standard InChI is InChI=1S/C32H38N8/c1-2-7-31-30(6-1)38-32(39-31)24-36-22-26-8-10-28(11-9-26)25-40(19-17-34-21-27-12-15-33-16-13-27)20-18-35-23-29-5-3-4-14-37-29/h1-16,34-36H,17-25H2,(H,38,39). The third-order valence-corrected chi connectivity index (χ3v) is 6.81. The molecule has 0 unspecified atom stereocenters. The van der Waals surface area contributed by atoms with Gasteiger partial charge < -0.3 is 20.9 Å². The second kappa shape index (κ2) is 15.0. The van der Waals surface area contributed by atoms with Crippen molar-refractivity contribution in [3.63, 3.8) is 0 Å². The first-order valence-corrected chi connectivity index (χ1v) is 14.0. The second-order valence-corrected chi connectivity index (χ2v) is 9.93. The summed E-state index contributed by atoms with van der Waals surface area (Å²) in [6.07, 6.45) is 5.53. The first kappa shape index (κ1) is 27.6. The molecule has 0 bridgehead atoms. The van der Waals surface area contributed by atoms with Crippen molar-refractivity contribution in [3.8, 4) is 0 Å². The Labute approximate surface area is 236 Å². The molecular formula is C32H38N8. The van der Waals surface area contributed by atoms with Gasteiger partial charge in [0.2, 0.25) is 0 Å². The Morgan fingerprint density at radius 3 is 2.10 bits per heavy atom. The molecule has 8 heteroatoms. The Hall–Kier alpha value is -3.95. The van der Waals surface area contributed by atoms with Gasteiger partial charge in [0.25, 0.3) is 0 Å². The van der Waals surface area contributed by atoms with Crippen LogP contribution in [0.15, 0.2) is 97.5 Å². The third kappa shape index (κ3) is 8.79. The number of rotatable bonds is 16. The largest absolute Gasteiger partial charge is 0.341 e. The fourth-order valence-electron chi connectivity index (χ4n) is 4.63. The highest BCUT2D eigenvalue weighted by molar-refractivity contribution is 5.74. The Morgan fingerprint density at radius 1 is 0.625 bits per heavy atom. The SMILES string of the molecule is c1ccc(CNCCN(CCNCc2ccncc2)Cc2ccc(CNCc3nc4ccccc4[nH]3)cc2)nc1. The van der Waals surface area contributed by atoms with Crippen LogP contribution in [0.5, 0.6) is 0 Å². The van der Waals surface area contributed by atoms with Gasteiger partial charge in [0, 0.05) is 70.9 Å². The second-order valence-electron chi connectivity index (χ2n) is 9.93. The van der Waals surface area contributed by atoms with Crippen molar-refractivity contribution >= 4 is 11.0 Å². The van der Waals surface area contributed by atoms with Crippen LogP contribution in [0.1, 0.15) is 28.2 Å². The summed E-state index contributed by atoms with van der Waals surface area (Å²) >= 11 is 0. The van der Waals surface area contributed by atoms with Crippen molar-refractivity contribution in [1.29, 1.82) is 0 Å². The molecule has 0 aliphatic rings. The van der Waals surface area contributed by atoms with Crippen LogP contribution < -0.4 is 16.0 Å². The highest BCUT2D eigenvalue weighted by atomic mass is 15.1. The molecule has 0 spiro atoms. The summed E-state index contributed by atoms with van der Waals surface area (Å²) in [6.45, 7) is 7.82. The summed E-state index contributed by atoms with van der Waals surface area (Å²) in [6, 6.07) is 27.2. The van der Waals surface area contributed by atoms with E-state index < -0.39 is 0 Å². The molecule has 0 aliphatic carbocycles. The zero-order valence-corrected chi connectivity index (χ0v) is 22.9. The van der Waals surface area contributed by atoms with Crippen molar-refractivity contribution in [3.05, 3.63) is 126 Å². The van der Waals surface area contributed by atoms with E-state index in [2.05, 4.69) is 89.3 Å². The van der Waals surface area contributed by atoms with Crippen LogP contribution >= 0.6 is 0 Å². The van der Waals surface area contributed by atoms with Gasteiger partial charge in [0.1, 0.15) is 5.82 Å². The maximum absolute atomic E-state index is 4.65. The smallest absolute Gasteiger partial charge is 0.121 e. The van der Waals surface area contributed by atoms with Crippen LogP contribution in [-0.4, -0.2) is 51.0 Å². The Kier molecular flexibility index (Phi) is 10.4. The van der Waals surface area contributed by atoms with Crippen molar-refractivity contribution in [2.75, 3.05) is 26.2 Å². The molecule has 5 rings (SSSR count). The fraction of sp³-hybridized carbons (Fsp3) is 0.281. The minimum Gasteiger partial charge on any atom is -0.341 e. The normalized spacial score (nSPS) is 11.4. The molecule has 0 saturated heterocycles. The number of fused-ring (bicyclic) bond motifs is 1. The minimum atomic E-state index is 0.711. The number of nitrogens with one attached hydrogen (secondary N) is 4. The lowest BCUT2D eigenvalue weighted by Crippen LogP contribution is -2.36. The number of pyridine rings is 2. The van der Waals surface area contributed by atoms with Gasteiger partial charge in [0.15, 0.2) is 0 Å². The zero-order valence-electron chi connectivity index (χ0n) is 22.9. The van der Waals surface area contributed by atoms with Gasteiger partial charge in [-0.3, -0.25) is 14.9 Å². The number of aromatic amines is 1. The molecule has 0 aliphatic heterocycles. The van der Waals surface area contributed by atoms with Crippen LogP contribution in [0.25, 0.3) is 11.0 Å². The van der Waals surface area contributed by atoms with Crippen molar-refractivity contribution < 1.29 is 0 Å². The van der Waals surface area contributed by atoms with Gasteiger partial charge in [-0.15, -0.1) is 0 Å². The number of benzene rings is 2. The van der Waals surface area contributed by atoms with Crippen LogP contribution in [0, 0.1) is 0 Å². The maximum atomic E-state index is 4.65. The molecule has 4 N–H and O–H groups in total. The van der Waals surface area contributed by atoms with E-state index in [1.807, 2.05) is 48.9 Å². The number of para-hydroxylation sites is 2. The highest BCUT2D eigenvalue weighted by Crippen LogP contribution is 2.11. The van der Waals surface area contributed by atoms with E-state index in [1.165, 1.54) is 16.7 Å². The number of hydrogen-bond acceptors (Lipinski definition) is 7. The minimum absolute atomic E-state index is 0.711. The molecule has 0 amide bonds. The fourth-order valence-corrected chi connectivity index (χ4v) is 4.63. The van der Waals surface area contributed by atoms with E-state index in [0.717, 1.165) is 74.9 Å². The summed E-state index contributed by atoms with van der Waals surface area (Å²) < 4.78 is 0. The van der Waals surface area contributed by atoms with Gasteiger partial charge in [-0.2, -0.15) is 0 Å². The lowest BCUT2D eigenvalue weighted by molar-refractivity contribution is 0.264. The van der Waals surface area contributed by atoms with E-state index >= 15 is 0 Å². The lowest BCUT2D eigenvalue weighted by atomic mass is 10.1. The molecule has 2 aromatic carbocycles. The molecule has 5 aromatic rings. The number of H-pyrrole nitrogens is 1. The van der Waals surface area contributed by atoms with Gasteiger partial charge in [0.05, 0.1) is 23.3 Å². The Morgan fingerprint density at radius 2 is 1.32 bits per heavy atom. The predicted molar refractivity (Wildman–Crippen MR) is 160 cm³/mol. The molecule has 0 saturated carbocycles. The summed E-state index contributed by atoms with van der Waals surface area (Å²) in [5.41, 5.74) is 6.99. The monoisotopic (exact) mass is 534 g/mol. The Balaban J connectivity index is 1.09. The summed E-state index contributed by atoms with van der Waals surface area (Å²) in [7, 11) is 0. The van der Waals surface area contributed by atoms with Crippen LogP contribution in [0.3, 0.4) is 0 Å². The van der Waals surface area contributed by atoms with Gasteiger partial charge in [-0.1, -0.05) is 42.5 Å². The molecule has 0 radical (unpaired) electrons. The first-order valence-electron chi connectivity index (χ1n) is 14.0. The van der Waals surface area contributed by atoms with Crippen molar-refractivity contribution in [2.24, 2.45) is 0 Å². The summed E-state index contributed by atoms with van der Waals surface area (Å²) in [4.78, 5) is 19.0. The summed E-state index contributed by atoms with van der Waals surface area (Å²) in [5, 5.41) is 10.6. The molecule has 3 aromatic heterocycles. The molecule has 3 heterocycles. The Bertz CT molecular complexity index is 1320. The number of hydrogen-bond donors (Lipinski definition) is 4.